The molecule has 4 aromatic rings. The highest BCUT2D eigenvalue weighted by Gasteiger charge is 2.33. The molecule has 184 valence electrons. The van der Waals surface area contributed by atoms with Crippen LogP contribution in [0.5, 0.6) is 0 Å². The van der Waals surface area contributed by atoms with E-state index in [1.807, 2.05) is 34.2 Å². The summed E-state index contributed by atoms with van der Waals surface area (Å²) in [7, 11) is 0. The Labute approximate surface area is 208 Å². The van der Waals surface area contributed by atoms with Crippen molar-refractivity contribution in [2.75, 3.05) is 72.0 Å². The summed E-state index contributed by atoms with van der Waals surface area (Å²) in [6, 6.07) is 14.2. The molecule has 11 nitrogen and oxygen atoms in total. The van der Waals surface area contributed by atoms with Crippen LogP contribution in [0.1, 0.15) is 0 Å². The Morgan fingerprint density at radius 2 is 1.42 bits per heavy atom. The number of piperazine rings is 2. The van der Waals surface area contributed by atoms with Gasteiger partial charge in [0.15, 0.2) is 0 Å². The molecule has 2 aliphatic rings. The lowest BCUT2D eigenvalue weighted by atomic mass is 10.1. The van der Waals surface area contributed by atoms with Crippen LogP contribution in [-0.4, -0.2) is 77.2 Å². The Morgan fingerprint density at radius 3 is 2.06 bits per heavy atom. The molecule has 0 saturated carbocycles. The third-order valence-corrected chi connectivity index (χ3v) is 7.01. The zero-order valence-corrected chi connectivity index (χ0v) is 19.8. The number of hydrogen-bond acceptors (Lipinski definition) is 9. The zero-order chi connectivity index (χ0) is 24.5. The van der Waals surface area contributed by atoms with Crippen LogP contribution in [-0.2, 0) is 0 Å². The second kappa shape index (κ2) is 9.33. The van der Waals surface area contributed by atoms with Crippen molar-refractivity contribution >= 4 is 39.7 Å². The van der Waals surface area contributed by atoms with Crippen LogP contribution in [0.4, 0.5) is 28.8 Å². The van der Waals surface area contributed by atoms with E-state index in [1.165, 1.54) is 17.4 Å². The second-order valence-electron chi connectivity index (χ2n) is 8.98. The Bertz CT molecular complexity index is 1360. The third-order valence-electron chi connectivity index (χ3n) is 7.01. The number of nitrogens with zero attached hydrogens (tertiary/aromatic N) is 8. The van der Waals surface area contributed by atoms with Crippen molar-refractivity contribution in [3.05, 3.63) is 71.3 Å². The highest BCUT2D eigenvalue weighted by molar-refractivity contribution is 5.92. The molecule has 0 spiro atoms. The molecule has 0 aliphatic carbocycles. The molecule has 0 amide bonds. The number of nitro groups is 1. The minimum atomic E-state index is -0.331. The van der Waals surface area contributed by atoms with Gasteiger partial charge in [-0.05, 0) is 30.3 Å². The van der Waals surface area contributed by atoms with E-state index in [1.54, 1.807) is 6.20 Å². The van der Waals surface area contributed by atoms with E-state index < -0.39 is 0 Å². The summed E-state index contributed by atoms with van der Waals surface area (Å²) in [6.45, 7) is 5.49. The summed E-state index contributed by atoms with van der Waals surface area (Å²) in [5, 5.41) is 13.4. The standard InChI is InChI=1S/C25H27N9O2/c35-34(36)23-24(32-14-10-30(11-15-32)21-5-3-4-20-19(21)7-9-26-20)28-18-29-25(23)33-16-12-31(13-17-33)22-6-1-2-8-27-22/h1-9,18,26H,10-17H2. The predicted molar refractivity (Wildman–Crippen MR) is 140 cm³/mol. The van der Waals surface area contributed by atoms with Gasteiger partial charge in [0.05, 0.1) is 4.92 Å². The van der Waals surface area contributed by atoms with Crippen molar-refractivity contribution in [1.29, 1.82) is 0 Å². The number of pyridine rings is 1. The summed E-state index contributed by atoms with van der Waals surface area (Å²) in [5.41, 5.74) is 2.27. The van der Waals surface area contributed by atoms with Crippen LogP contribution in [0.15, 0.2) is 61.2 Å². The van der Waals surface area contributed by atoms with Crippen molar-refractivity contribution in [2.24, 2.45) is 0 Å². The maximum absolute atomic E-state index is 12.3. The first-order valence-electron chi connectivity index (χ1n) is 12.2. The molecule has 0 bridgehead atoms. The molecule has 6 rings (SSSR count). The number of aromatic amines is 1. The van der Waals surface area contributed by atoms with Crippen LogP contribution in [0.2, 0.25) is 0 Å². The lowest BCUT2D eigenvalue weighted by Gasteiger charge is -2.38. The van der Waals surface area contributed by atoms with E-state index in [-0.39, 0.29) is 10.6 Å². The van der Waals surface area contributed by atoms with Gasteiger partial charge in [-0.25, -0.2) is 15.0 Å². The Balaban J connectivity index is 1.20. The first kappa shape index (κ1) is 22.1. The van der Waals surface area contributed by atoms with Crippen LogP contribution in [0, 0.1) is 10.1 Å². The van der Waals surface area contributed by atoms with Crippen molar-refractivity contribution in [3.8, 4) is 0 Å². The van der Waals surface area contributed by atoms with Crippen LogP contribution in [0.3, 0.4) is 0 Å². The Kier molecular flexibility index (Phi) is 5.72. The number of aromatic nitrogens is 4. The normalized spacial score (nSPS) is 16.6. The van der Waals surface area contributed by atoms with Crippen molar-refractivity contribution in [1.82, 2.24) is 19.9 Å². The molecule has 1 N–H and O–H groups in total. The molecule has 2 saturated heterocycles. The monoisotopic (exact) mass is 485 g/mol. The molecule has 2 fully saturated rings. The average molecular weight is 486 g/mol. The molecule has 0 radical (unpaired) electrons. The molecule has 36 heavy (non-hydrogen) atoms. The summed E-state index contributed by atoms with van der Waals surface area (Å²) >= 11 is 0. The van der Waals surface area contributed by atoms with E-state index in [9.17, 15) is 10.1 Å². The van der Waals surface area contributed by atoms with E-state index in [0.717, 1.165) is 37.5 Å². The lowest BCUT2D eigenvalue weighted by Crippen LogP contribution is -2.48. The number of rotatable bonds is 5. The molecule has 5 heterocycles. The highest BCUT2D eigenvalue weighted by Crippen LogP contribution is 2.36. The molecule has 0 atom stereocenters. The summed E-state index contributed by atoms with van der Waals surface area (Å²) in [4.78, 5) is 36.9. The van der Waals surface area contributed by atoms with Crippen LogP contribution in [0.25, 0.3) is 10.9 Å². The van der Waals surface area contributed by atoms with Crippen molar-refractivity contribution < 1.29 is 4.92 Å². The molecule has 1 aromatic carbocycles. The van der Waals surface area contributed by atoms with Crippen LogP contribution >= 0.6 is 0 Å². The molecule has 11 heteroatoms. The Morgan fingerprint density at radius 1 is 0.750 bits per heavy atom. The van der Waals surface area contributed by atoms with Crippen molar-refractivity contribution in [3.63, 3.8) is 0 Å². The van der Waals surface area contributed by atoms with Gasteiger partial charge in [-0.3, -0.25) is 10.1 Å². The van der Waals surface area contributed by atoms with Gasteiger partial charge in [0.1, 0.15) is 12.1 Å². The maximum Gasteiger partial charge on any atom is 0.353 e. The van der Waals surface area contributed by atoms with E-state index in [4.69, 9.17) is 0 Å². The van der Waals surface area contributed by atoms with Gasteiger partial charge in [0, 0.05) is 81.3 Å². The fourth-order valence-electron chi connectivity index (χ4n) is 5.18. The first-order chi connectivity index (χ1) is 17.7. The Hall–Kier alpha value is -4.41. The number of fused-ring (bicyclic) bond motifs is 1. The van der Waals surface area contributed by atoms with Crippen molar-refractivity contribution in [2.45, 2.75) is 0 Å². The summed E-state index contributed by atoms with van der Waals surface area (Å²) in [6.07, 6.45) is 5.18. The zero-order valence-electron chi connectivity index (χ0n) is 19.8. The minimum Gasteiger partial charge on any atom is -0.367 e. The van der Waals surface area contributed by atoms with Gasteiger partial charge >= 0.3 is 5.69 Å². The van der Waals surface area contributed by atoms with Crippen LogP contribution < -0.4 is 19.6 Å². The van der Waals surface area contributed by atoms with Gasteiger partial charge in [-0.1, -0.05) is 12.1 Å². The average Bonchev–Trinajstić information content (AvgIpc) is 3.43. The van der Waals surface area contributed by atoms with Gasteiger partial charge < -0.3 is 24.6 Å². The van der Waals surface area contributed by atoms with Gasteiger partial charge in [-0.2, -0.15) is 0 Å². The summed E-state index contributed by atoms with van der Waals surface area (Å²) in [5.74, 6) is 1.71. The summed E-state index contributed by atoms with van der Waals surface area (Å²) < 4.78 is 0. The SMILES string of the molecule is O=[N+]([O-])c1c(N2CCN(c3ccccn3)CC2)ncnc1N1CCN(c2cccc3[nH]ccc23)CC1. The highest BCUT2D eigenvalue weighted by atomic mass is 16.6. The molecular weight excluding hydrogens is 458 g/mol. The number of benzene rings is 1. The van der Waals surface area contributed by atoms with Gasteiger partial charge in [0.25, 0.3) is 0 Å². The predicted octanol–water partition coefficient (Wildman–Crippen LogP) is 2.91. The van der Waals surface area contributed by atoms with E-state index in [2.05, 4.69) is 54.0 Å². The second-order valence-corrected chi connectivity index (χ2v) is 8.98. The number of anilines is 4. The first-order valence-corrected chi connectivity index (χ1v) is 12.2. The van der Waals surface area contributed by atoms with Gasteiger partial charge in [-0.15, -0.1) is 0 Å². The molecular formula is C25H27N9O2. The molecule has 2 aliphatic heterocycles. The third kappa shape index (κ3) is 4.02. The topological polar surface area (TPSA) is 111 Å². The largest absolute Gasteiger partial charge is 0.367 e. The molecule has 3 aromatic heterocycles. The van der Waals surface area contributed by atoms with Gasteiger partial charge in [0.2, 0.25) is 11.6 Å². The minimum absolute atomic E-state index is 0.00928. The smallest absolute Gasteiger partial charge is 0.353 e. The number of H-pyrrole nitrogens is 1. The van der Waals surface area contributed by atoms with E-state index >= 15 is 0 Å². The quantitative estimate of drug-likeness (QED) is 0.337. The number of hydrogen-bond donors (Lipinski definition) is 1. The fraction of sp³-hybridized carbons (Fsp3) is 0.320. The fourth-order valence-corrected chi connectivity index (χ4v) is 5.18. The maximum atomic E-state index is 12.3. The lowest BCUT2D eigenvalue weighted by molar-refractivity contribution is -0.383. The molecule has 0 unspecified atom stereocenters. The number of nitrogens with one attached hydrogen (secondary N) is 1. The van der Waals surface area contributed by atoms with E-state index in [0.29, 0.717) is 37.8 Å².